The first-order chi connectivity index (χ1) is 9.90. The van der Waals surface area contributed by atoms with E-state index in [2.05, 4.69) is 15.5 Å². The second kappa shape index (κ2) is 5.73. The number of amides is 1. The van der Waals surface area contributed by atoms with E-state index in [1.54, 1.807) is 24.9 Å². The molecule has 0 aliphatic carbocycles. The molecule has 0 saturated heterocycles. The van der Waals surface area contributed by atoms with Crippen LogP contribution in [-0.4, -0.2) is 30.4 Å². The normalized spacial score (nSPS) is 10.6. The van der Waals surface area contributed by atoms with Crippen molar-refractivity contribution >= 4 is 17.3 Å². The van der Waals surface area contributed by atoms with Gasteiger partial charge in [-0.3, -0.25) is 24.3 Å². The summed E-state index contributed by atoms with van der Waals surface area (Å²) >= 11 is 0. The Hall–Kier alpha value is -2.71. The smallest absolute Gasteiger partial charge is 0.309 e. The van der Waals surface area contributed by atoms with Crippen LogP contribution in [0.15, 0.2) is 12.4 Å². The summed E-state index contributed by atoms with van der Waals surface area (Å²) in [6, 6.07) is 0. The molecule has 0 aliphatic heterocycles. The van der Waals surface area contributed by atoms with Crippen LogP contribution in [0.3, 0.4) is 0 Å². The Morgan fingerprint density at radius 1 is 1.33 bits per heavy atom. The zero-order valence-corrected chi connectivity index (χ0v) is 12.0. The summed E-state index contributed by atoms with van der Waals surface area (Å²) in [6.07, 6.45) is 2.95. The van der Waals surface area contributed by atoms with Gasteiger partial charge < -0.3 is 5.32 Å². The predicted octanol–water partition coefficient (Wildman–Crippen LogP) is 1.17. The van der Waals surface area contributed by atoms with Crippen LogP contribution in [0.5, 0.6) is 0 Å². The van der Waals surface area contributed by atoms with Crippen LogP contribution >= 0.6 is 0 Å². The second-order valence-electron chi connectivity index (χ2n) is 4.66. The van der Waals surface area contributed by atoms with Gasteiger partial charge in [-0.25, -0.2) is 0 Å². The fourth-order valence-corrected chi connectivity index (χ4v) is 1.88. The first kappa shape index (κ1) is 14.7. The van der Waals surface area contributed by atoms with E-state index in [0.29, 0.717) is 11.4 Å². The molecular formula is C12H16N6O3. The molecule has 0 saturated carbocycles. The molecule has 0 radical (unpaired) electrons. The SMILES string of the molecule is Cc1c(NC(=O)CCn2ncc([N+](=O)[O-])c2C)cnn1C. The molecule has 21 heavy (non-hydrogen) atoms. The largest absolute Gasteiger partial charge is 0.323 e. The minimum absolute atomic E-state index is 0.0430. The summed E-state index contributed by atoms with van der Waals surface area (Å²) in [6.45, 7) is 3.74. The molecule has 0 spiro atoms. The lowest BCUT2D eigenvalue weighted by Crippen LogP contribution is -2.16. The van der Waals surface area contributed by atoms with Crippen LogP contribution in [0.4, 0.5) is 11.4 Å². The molecule has 2 aromatic rings. The minimum Gasteiger partial charge on any atom is -0.323 e. The lowest BCUT2D eigenvalue weighted by molar-refractivity contribution is -0.385. The number of hydrogen-bond donors (Lipinski definition) is 1. The quantitative estimate of drug-likeness (QED) is 0.657. The third-order valence-corrected chi connectivity index (χ3v) is 3.33. The Bertz CT molecular complexity index is 687. The van der Waals surface area contributed by atoms with E-state index < -0.39 is 4.92 Å². The van der Waals surface area contributed by atoms with E-state index in [1.807, 2.05) is 6.92 Å². The van der Waals surface area contributed by atoms with Crippen LogP contribution in [0.2, 0.25) is 0 Å². The average molecular weight is 292 g/mol. The van der Waals surface area contributed by atoms with E-state index in [1.165, 1.54) is 10.9 Å². The summed E-state index contributed by atoms with van der Waals surface area (Å²) < 4.78 is 3.12. The number of carbonyl (C=O) groups is 1. The van der Waals surface area contributed by atoms with Crippen LogP contribution in [-0.2, 0) is 18.4 Å². The zero-order chi connectivity index (χ0) is 15.6. The highest BCUT2D eigenvalue weighted by atomic mass is 16.6. The van der Waals surface area contributed by atoms with Gasteiger partial charge in [-0.15, -0.1) is 0 Å². The molecule has 9 heteroatoms. The monoisotopic (exact) mass is 292 g/mol. The Balaban J connectivity index is 1.95. The number of rotatable bonds is 5. The van der Waals surface area contributed by atoms with Gasteiger partial charge in [0, 0.05) is 13.5 Å². The van der Waals surface area contributed by atoms with E-state index >= 15 is 0 Å². The second-order valence-corrected chi connectivity index (χ2v) is 4.66. The van der Waals surface area contributed by atoms with Crippen molar-refractivity contribution in [1.29, 1.82) is 0 Å². The predicted molar refractivity (Wildman–Crippen MR) is 74.8 cm³/mol. The molecule has 0 bridgehead atoms. The van der Waals surface area contributed by atoms with E-state index in [0.717, 1.165) is 5.69 Å². The summed E-state index contributed by atoms with van der Waals surface area (Å²) in [4.78, 5) is 22.1. The van der Waals surface area contributed by atoms with Gasteiger partial charge in [0.05, 0.1) is 29.0 Å². The van der Waals surface area contributed by atoms with Crippen molar-refractivity contribution in [2.24, 2.45) is 7.05 Å². The molecule has 112 valence electrons. The van der Waals surface area contributed by atoms with Gasteiger partial charge in [0.1, 0.15) is 11.9 Å². The maximum absolute atomic E-state index is 11.9. The lowest BCUT2D eigenvalue weighted by atomic mass is 10.3. The molecule has 0 atom stereocenters. The third kappa shape index (κ3) is 3.07. The van der Waals surface area contributed by atoms with E-state index in [4.69, 9.17) is 0 Å². The molecule has 0 aliphatic rings. The number of carbonyl (C=O) groups excluding carboxylic acids is 1. The Morgan fingerprint density at radius 3 is 2.57 bits per heavy atom. The maximum Gasteiger partial charge on any atom is 0.309 e. The average Bonchev–Trinajstić information content (AvgIpc) is 2.94. The fraction of sp³-hybridized carbons (Fsp3) is 0.417. The Kier molecular flexibility index (Phi) is 4.01. The molecular weight excluding hydrogens is 276 g/mol. The van der Waals surface area contributed by atoms with Crippen molar-refractivity contribution in [3.8, 4) is 0 Å². The molecule has 9 nitrogen and oxygen atoms in total. The number of aromatic nitrogens is 4. The molecule has 0 unspecified atom stereocenters. The topological polar surface area (TPSA) is 108 Å². The van der Waals surface area contributed by atoms with Crippen molar-refractivity contribution < 1.29 is 9.72 Å². The molecule has 2 rings (SSSR count). The standard InChI is InChI=1S/C12H16N6O3/c1-8-10(6-13-16(8)3)15-12(19)4-5-17-9(2)11(7-14-17)18(20)21/h6-7H,4-5H2,1-3H3,(H,15,19). The van der Waals surface area contributed by atoms with E-state index in [9.17, 15) is 14.9 Å². The van der Waals surface area contributed by atoms with Gasteiger partial charge in [-0.2, -0.15) is 10.2 Å². The van der Waals surface area contributed by atoms with E-state index in [-0.39, 0.29) is 24.6 Å². The Morgan fingerprint density at radius 2 is 2.05 bits per heavy atom. The van der Waals surface area contributed by atoms with Gasteiger partial charge in [-0.1, -0.05) is 0 Å². The van der Waals surface area contributed by atoms with Crippen molar-refractivity contribution in [3.63, 3.8) is 0 Å². The number of anilines is 1. The number of aryl methyl sites for hydroxylation is 2. The zero-order valence-electron chi connectivity index (χ0n) is 12.0. The van der Waals surface area contributed by atoms with Crippen molar-refractivity contribution in [2.45, 2.75) is 26.8 Å². The molecule has 2 heterocycles. The van der Waals surface area contributed by atoms with Crippen LogP contribution in [0.1, 0.15) is 17.8 Å². The number of nitrogens with zero attached hydrogens (tertiary/aromatic N) is 5. The highest BCUT2D eigenvalue weighted by Gasteiger charge is 2.17. The fourth-order valence-electron chi connectivity index (χ4n) is 1.88. The molecule has 2 aromatic heterocycles. The minimum atomic E-state index is -0.488. The molecule has 1 amide bonds. The summed E-state index contributed by atoms with van der Waals surface area (Å²) in [5.74, 6) is -0.191. The van der Waals surface area contributed by atoms with Crippen molar-refractivity contribution in [3.05, 3.63) is 33.9 Å². The van der Waals surface area contributed by atoms with Gasteiger partial charge in [0.15, 0.2) is 0 Å². The van der Waals surface area contributed by atoms with Crippen LogP contribution in [0, 0.1) is 24.0 Å². The van der Waals surface area contributed by atoms with Crippen molar-refractivity contribution in [2.75, 3.05) is 5.32 Å². The number of hydrogen-bond acceptors (Lipinski definition) is 5. The van der Waals surface area contributed by atoms with Gasteiger partial charge >= 0.3 is 5.69 Å². The number of nitro groups is 1. The highest BCUT2D eigenvalue weighted by molar-refractivity contribution is 5.91. The van der Waals surface area contributed by atoms with Gasteiger partial charge in [0.2, 0.25) is 5.91 Å². The lowest BCUT2D eigenvalue weighted by Gasteiger charge is -2.05. The Labute approximate surface area is 120 Å². The first-order valence-electron chi connectivity index (χ1n) is 6.35. The molecule has 1 N–H and O–H groups in total. The maximum atomic E-state index is 11.9. The van der Waals surface area contributed by atoms with Gasteiger partial charge in [0.25, 0.3) is 0 Å². The molecule has 0 fully saturated rings. The van der Waals surface area contributed by atoms with Crippen LogP contribution in [0.25, 0.3) is 0 Å². The van der Waals surface area contributed by atoms with Crippen molar-refractivity contribution in [1.82, 2.24) is 19.6 Å². The first-order valence-corrected chi connectivity index (χ1v) is 6.35. The van der Waals surface area contributed by atoms with Gasteiger partial charge in [-0.05, 0) is 13.8 Å². The molecule has 0 aromatic carbocycles. The number of nitrogens with one attached hydrogen (secondary N) is 1. The summed E-state index contributed by atoms with van der Waals surface area (Å²) in [5, 5.41) is 21.4. The third-order valence-electron chi connectivity index (χ3n) is 3.33. The summed E-state index contributed by atoms with van der Waals surface area (Å²) in [7, 11) is 1.79. The summed E-state index contributed by atoms with van der Waals surface area (Å²) in [5.41, 5.74) is 1.91. The van der Waals surface area contributed by atoms with Crippen LogP contribution < -0.4 is 5.32 Å². The highest BCUT2D eigenvalue weighted by Crippen LogP contribution is 2.17.